The van der Waals surface area contributed by atoms with Gasteiger partial charge in [-0.3, -0.25) is 0 Å². The van der Waals surface area contributed by atoms with E-state index >= 15 is 0 Å². The Balaban J connectivity index is 2.12. The van der Waals surface area contributed by atoms with Crippen molar-refractivity contribution in [2.24, 2.45) is 11.7 Å². The van der Waals surface area contributed by atoms with Crippen LogP contribution in [-0.4, -0.2) is 19.4 Å². The number of rotatable bonds is 4. The van der Waals surface area contributed by atoms with E-state index in [0.717, 1.165) is 24.8 Å². The maximum absolute atomic E-state index is 12.2. The van der Waals surface area contributed by atoms with E-state index in [1.165, 1.54) is 18.7 Å². The predicted octanol–water partition coefficient (Wildman–Crippen LogP) is 1.40. The van der Waals surface area contributed by atoms with Crippen molar-refractivity contribution >= 4 is 10.0 Å². The highest BCUT2D eigenvalue weighted by atomic mass is 32.2. The minimum absolute atomic E-state index is 0.0229. The summed E-state index contributed by atoms with van der Waals surface area (Å²) in [6.45, 7) is 2.46. The molecule has 0 amide bonds. The third-order valence-corrected chi connectivity index (χ3v) is 5.13. The second-order valence-corrected chi connectivity index (χ2v) is 6.86. The number of aromatic nitrogens is 1. The van der Waals surface area contributed by atoms with Crippen molar-refractivity contribution in [3.05, 3.63) is 23.9 Å². The van der Waals surface area contributed by atoms with Gasteiger partial charge in [0.15, 0.2) is 5.03 Å². The number of hydrogen-bond acceptors (Lipinski definition) is 4. The van der Waals surface area contributed by atoms with Crippen LogP contribution in [0.4, 0.5) is 0 Å². The summed E-state index contributed by atoms with van der Waals surface area (Å²) < 4.78 is 27.3. The zero-order valence-electron chi connectivity index (χ0n) is 11.2. The highest BCUT2D eigenvalue weighted by molar-refractivity contribution is 7.89. The average molecular weight is 283 g/mol. The van der Waals surface area contributed by atoms with Crippen LogP contribution in [0.2, 0.25) is 0 Å². The lowest BCUT2D eigenvalue weighted by atomic mass is 9.87. The summed E-state index contributed by atoms with van der Waals surface area (Å²) in [7, 11) is -3.52. The summed E-state index contributed by atoms with van der Waals surface area (Å²) in [6, 6.07) is 3.24. The van der Waals surface area contributed by atoms with Crippen LogP contribution in [0.5, 0.6) is 0 Å². The number of nitrogens with one attached hydrogen (secondary N) is 1. The van der Waals surface area contributed by atoms with E-state index < -0.39 is 10.0 Å². The van der Waals surface area contributed by atoms with Crippen LogP contribution in [0, 0.1) is 5.92 Å². The molecule has 0 radical (unpaired) electrons. The standard InChI is InChI=1S/C13H21N3O2S/c1-10-4-2-3-5-12(10)16-19(17,18)13-7-6-11(8-14)9-15-13/h6-7,9-10,12,16H,2-5,8,14H2,1H3. The van der Waals surface area contributed by atoms with Crippen LogP contribution in [0.1, 0.15) is 38.2 Å². The molecule has 0 spiro atoms. The smallest absolute Gasteiger partial charge is 0.258 e. The van der Waals surface area contributed by atoms with Gasteiger partial charge in [0.25, 0.3) is 10.0 Å². The lowest BCUT2D eigenvalue weighted by Crippen LogP contribution is -2.41. The van der Waals surface area contributed by atoms with Crippen molar-refractivity contribution in [3.8, 4) is 0 Å². The molecule has 0 aliphatic heterocycles. The summed E-state index contributed by atoms with van der Waals surface area (Å²) in [5, 5.41) is 0.0717. The summed E-state index contributed by atoms with van der Waals surface area (Å²) in [6.07, 6.45) is 5.76. The molecule has 0 saturated heterocycles. The van der Waals surface area contributed by atoms with E-state index in [9.17, 15) is 8.42 Å². The van der Waals surface area contributed by atoms with E-state index in [2.05, 4.69) is 16.6 Å². The Morgan fingerprint density at radius 2 is 2.11 bits per heavy atom. The molecule has 1 aliphatic carbocycles. The maximum Gasteiger partial charge on any atom is 0.258 e. The second-order valence-electron chi connectivity index (χ2n) is 5.20. The molecule has 2 rings (SSSR count). The Morgan fingerprint density at radius 1 is 1.37 bits per heavy atom. The molecule has 1 aromatic heterocycles. The highest BCUT2D eigenvalue weighted by Crippen LogP contribution is 2.25. The Bertz CT molecular complexity index is 513. The number of nitrogens with two attached hydrogens (primary N) is 1. The third kappa shape index (κ3) is 3.52. The zero-order chi connectivity index (χ0) is 13.9. The van der Waals surface area contributed by atoms with Crippen molar-refractivity contribution < 1.29 is 8.42 Å². The first-order valence-electron chi connectivity index (χ1n) is 6.70. The number of sulfonamides is 1. The molecule has 1 saturated carbocycles. The Labute approximate surface area is 114 Å². The van der Waals surface area contributed by atoms with Gasteiger partial charge in [-0.25, -0.2) is 18.1 Å². The van der Waals surface area contributed by atoms with Gasteiger partial charge < -0.3 is 5.73 Å². The van der Waals surface area contributed by atoms with Crippen LogP contribution < -0.4 is 10.5 Å². The van der Waals surface area contributed by atoms with Gasteiger partial charge in [0.05, 0.1) is 0 Å². The van der Waals surface area contributed by atoms with Crippen molar-refractivity contribution in [2.75, 3.05) is 0 Å². The van der Waals surface area contributed by atoms with E-state index in [-0.39, 0.29) is 11.1 Å². The summed E-state index contributed by atoms with van der Waals surface area (Å²) in [5.74, 6) is 0.381. The van der Waals surface area contributed by atoms with E-state index in [1.54, 1.807) is 6.07 Å². The summed E-state index contributed by atoms with van der Waals surface area (Å²) in [4.78, 5) is 3.98. The van der Waals surface area contributed by atoms with Gasteiger partial charge in [-0.1, -0.05) is 25.8 Å². The number of pyridine rings is 1. The van der Waals surface area contributed by atoms with Gasteiger partial charge in [-0.05, 0) is 30.4 Å². The minimum atomic E-state index is -3.52. The third-order valence-electron chi connectivity index (χ3n) is 3.73. The van der Waals surface area contributed by atoms with Gasteiger partial charge in [-0.15, -0.1) is 0 Å². The Morgan fingerprint density at radius 3 is 2.68 bits per heavy atom. The van der Waals surface area contributed by atoms with Crippen LogP contribution >= 0.6 is 0 Å². The van der Waals surface area contributed by atoms with E-state index in [1.807, 2.05) is 0 Å². The topological polar surface area (TPSA) is 85.1 Å². The highest BCUT2D eigenvalue weighted by Gasteiger charge is 2.27. The first-order chi connectivity index (χ1) is 9.03. The van der Waals surface area contributed by atoms with Gasteiger partial charge >= 0.3 is 0 Å². The molecule has 0 bridgehead atoms. The molecule has 5 nitrogen and oxygen atoms in total. The van der Waals surface area contributed by atoms with Crippen LogP contribution in [0.25, 0.3) is 0 Å². The zero-order valence-corrected chi connectivity index (χ0v) is 12.0. The fraction of sp³-hybridized carbons (Fsp3) is 0.615. The van der Waals surface area contributed by atoms with Crippen LogP contribution in [0.3, 0.4) is 0 Å². The maximum atomic E-state index is 12.2. The molecule has 1 heterocycles. The van der Waals surface area contributed by atoms with Crippen LogP contribution in [-0.2, 0) is 16.6 Å². The Kier molecular flexibility index (Phi) is 4.54. The van der Waals surface area contributed by atoms with Crippen molar-refractivity contribution in [1.29, 1.82) is 0 Å². The Hall–Kier alpha value is -0.980. The molecule has 1 aliphatic rings. The number of nitrogens with zero attached hydrogens (tertiary/aromatic N) is 1. The van der Waals surface area contributed by atoms with E-state index in [4.69, 9.17) is 5.73 Å². The fourth-order valence-corrected chi connectivity index (χ4v) is 3.75. The SMILES string of the molecule is CC1CCCCC1NS(=O)(=O)c1ccc(CN)cn1. The van der Waals surface area contributed by atoms with Gasteiger partial charge in [0, 0.05) is 18.8 Å². The molecular weight excluding hydrogens is 262 g/mol. The quantitative estimate of drug-likeness (QED) is 0.874. The van der Waals surface area contributed by atoms with Gasteiger partial charge in [0.2, 0.25) is 0 Å². The monoisotopic (exact) mass is 283 g/mol. The van der Waals surface area contributed by atoms with E-state index in [0.29, 0.717) is 12.5 Å². The van der Waals surface area contributed by atoms with Crippen molar-refractivity contribution in [2.45, 2.75) is 50.2 Å². The average Bonchev–Trinajstić information content (AvgIpc) is 2.41. The molecule has 1 aromatic rings. The van der Waals surface area contributed by atoms with Gasteiger partial charge in [-0.2, -0.15) is 0 Å². The molecule has 2 unspecified atom stereocenters. The molecule has 0 aromatic carbocycles. The largest absolute Gasteiger partial charge is 0.326 e. The first kappa shape index (κ1) is 14.4. The predicted molar refractivity (Wildman–Crippen MR) is 73.9 cm³/mol. The molecule has 1 fully saturated rings. The van der Waals surface area contributed by atoms with Gasteiger partial charge in [0.1, 0.15) is 0 Å². The molecule has 106 valence electrons. The lowest BCUT2D eigenvalue weighted by molar-refractivity contribution is 0.310. The summed E-state index contributed by atoms with van der Waals surface area (Å²) in [5.41, 5.74) is 6.30. The van der Waals surface area contributed by atoms with Crippen molar-refractivity contribution in [3.63, 3.8) is 0 Å². The number of hydrogen-bond donors (Lipinski definition) is 2. The fourth-order valence-electron chi connectivity index (χ4n) is 2.44. The normalized spacial score (nSPS) is 24.3. The molecule has 6 heteroatoms. The van der Waals surface area contributed by atoms with Crippen molar-refractivity contribution in [1.82, 2.24) is 9.71 Å². The molecular formula is C13H21N3O2S. The molecule has 2 atom stereocenters. The lowest BCUT2D eigenvalue weighted by Gasteiger charge is -2.29. The second kappa shape index (κ2) is 5.98. The molecule has 19 heavy (non-hydrogen) atoms. The summed E-state index contributed by atoms with van der Waals surface area (Å²) >= 11 is 0. The first-order valence-corrected chi connectivity index (χ1v) is 8.18. The molecule has 3 N–H and O–H groups in total. The van der Waals surface area contributed by atoms with Crippen LogP contribution in [0.15, 0.2) is 23.4 Å². The minimum Gasteiger partial charge on any atom is -0.326 e.